The van der Waals surface area contributed by atoms with E-state index in [1.54, 1.807) is 34.6 Å². The lowest BCUT2D eigenvalue weighted by atomic mass is 10.00. The Morgan fingerprint density at radius 3 is 2.95 bits per heavy atom. The van der Waals surface area contributed by atoms with Gasteiger partial charge in [0.15, 0.2) is 0 Å². The third-order valence-corrected chi connectivity index (χ3v) is 4.67. The van der Waals surface area contributed by atoms with Gasteiger partial charge in [-0.3, -0.25) is 14.6 Å². The molecule has 1 aliphatic heterocycles. The van der Waals surface area contributed by atoms with E-state index in [0.717, 1.165) is 6.42 Å². The van der Waals surface area contributed by atoms with Crippen LogP contribution in [0.1, 0.15) is 24.8 Å². The lowest BCUT2D eigenvalue weighted by molar-refractivity contribution is -0.143. The van der Waals surface area contributed by atoms with Gasteiger partial charge >= 0.3 is 11.8 Å². The Labute approximate surface area is 133 Å². The van der Waals surface area contributed by atoms with Gasteiger partial charge in [0, 0.05) is 24.7 Å². The molecule has 2 aromatic heterocycles. The van der Waals surface area contributed by atoms with Crippen LogP contribution in [0, 0.1) is 0 Å². The molecule has 0 saturated carbocycles. The first-order valence-electron chi connectivity index (χ1n) is 7.19. The van der Waals surface area contributed by atoms with Crippen LogP contribution in [-0.4, -0.2) is 34.3 Å². The molecule has 0 aromatic carbocycles. The number of hydrogen-bond donors (Lipinski definition) is 1. The summed E-state index contributed by atoms with van der Waals surface area (Å²) < 4.78 is 0. The quantitative estimate of drug-likeness (QED) is 0.866. The van der Waals surface area contributed by atoms with E-state index < -0.39 is 11.8 Å². The molecule has 2 aromatic rings. The molecule has 6 heteroatoms. The van der Waals surface area contributed by atoms with Gasteiger partial charge in [-0.1, -0.05) is 0 Å². The van der Waals surface area contributed by atoms with Crippen LogP contribution >= 0.6 is 11.3 Å². The molecule has 1 aliphatic rings. The van der Waals surface area contributed by atoms with E-state index in [9.17, 15) is 9.59 Å². The first kappa shape index (κ1) is 14.7. The van der Waals surface area contributed by atoms with Crippen molar-refractivity contribution in [2.75, 3.05) is 11.9 Å². The number of pyridine rings is 1. The maximum atomic E-state index is 12.4. The summed E-state index contributed by atoms with van der Waals surface area (Å²) in [7, 11) is 0. The monoisotopic (exact) mass is 315 g/mol. The Bertz CT molecular complexity index is 657. The fraction of sp³-hybridized carbons (Fsp3) is 0.312. The van der Waals surface area contributed by atoms with Gasteiger partial charge in [0.25, 0.3) is 0 Å². The number of nitrogens with one attached hydrogen (secondary N) is 1. The molecule has 2 amide bonds. The van der Waals surface area contributed by atoms with Gasteiger partial charge in [-0.15, -0.1) is 0 Å². The number of likely N-dealkylation sites (tertiary alicyclic amines) is 1. The second kappa shape index (κ2) is 6.27. The van der Waals surface area contributed by atoms with E-state index in [2.05, 4.69) is 21.7 Å². The average molecular weight is 315 g/mol. The van der Waals surface area contributed by atoms with Crippen molar-refractivity contribution >= 4 is 28.8 Å². The summed E-state index contributed by atoms with van der Waals surface area (Å²) in [6.07, 6.45) is 4.03. The van der Waals surface area contributed by atoms with Crippen molar-refractivity contribution in [3.8, 4) is 0 Å². The van der Waals surface area contributed by atoms with E-state index >= 15 is 0 Å². The second-order valence-electron chi connectivity index (χ2n) is 5.49. The molecule has 0 bridgehead atoms. The summed E-state index contributed by atoms with van der Waals surface area (Å²) >= 11 is 1.66. The molecule has 2 atom stereocenters. The Morgan fingerprint density at radius 2 is 2.27 bits per heavy atom. The zero-order chi connectivity index (χ0) is 15.5. The topological polar surface area (TPSA) is 62.3 Å². The molecule has 1 N–H and O–H groups in total. The molecule has 0 aliphatic carbocycles. The Balaban J connectivity index is 1.66. The fourth-order valence-electron chi connectivity index (χ4n) is 2.81. The minimum absolute atomic E-state index is 0.0667. The predicted octanol–water partition coefficient (Wildman–Crippen LogP) is 2.49. The van der Waals surface area contributed by atoms with E-state index in [0.29, 0.717) is 18.2 Å². The van der Waals surface area contributed by atoms with Gasteiger partial charge in [-0.25, -0.2) is 0 Å². The van der Waals surface area contributed by atoms with Crippen molar-refractivity contribution in [2.45, 2.75) is 25.3 Å². The third kappa shape index (κ3) is 3.01. The molecule has 1 saturated heterocycles. The third-order valence-electron chi connectivity index (χ3n) is 3.96. The van der Waals surface area contributed by atoms with Crippen LogP contribution in [0.3, 0.4) is 0 Å². The maximum absolute atomic E-state index is 12.4. The standard InChI is InChI=1S/C16H17N3O2S/c1-11-7-13(12-4-6-22-10-12)9-19(11)16(21)15(20)18-14-3-2-5-17-8-14/h2-6,8,10-11,13H,7,9H2,1H3,(H,18,20)/t11-,13+/m0/s1. The number of carbonyl (C=O) groups is 2. The molecule has 5 nitrogen and oxygen atoms in total. The number of aromatic nitrogens is 1. The zero-order valence-corrected chi connectivity index (χ0v) is 13.0. The number of carbonyl (C=O) groups excluding carboxylic acids is 2. The largest absolute Gasteiger partial charge is 0.331 e. The van der Waals surface area contributed by atoms with Gasteiger partial charge in [-0.2, -0.15) is 11.3 Å². The van der Waals surface area contributed by atoms with Crippen LogP contribution < -0.4 is 5.32 Å². The van der Waals surface area contributed by atoms with Crippen molar-refractivity contribution in [2.24, 2.45) is 0 Å². The number of anilines is 1. The fourth-order valence-corrected chi connectivity index (χ4v) is 3.56. The number of hydrogen-bond acceptors (Lipinski definition) is 4. The molecule has 114 valence electrons. The molecule has 0 spiro atoms. The van der Waals surface area contributed by atoms with E-state index in [-0.39, 0.29) is 6.04 Å². The van der Waals surface area contributed by atoms with Crippen LogP contribution in [0.2, 0.25) is 0 Å². The highest BCUT2D eigenvalue weighted by molar-refractivity contribution is 7.08. The Hall–Kier alpha value is -2.21. The maximum Gasteiger partial charge on any atom is 0.313 e. The molecular formula is C16H17N3O2S. The number of nitrogens with zero attached hydrogens (tertiary/aromatic N) is 2. The number of thiophene rings is 1. The number of amides is 2. The zero-order valence-electron chi connectivity index (χ0n) is 12.2. The van der Waals surface area contributed by atoms with Crippen molar-refractivity contribution in [1.82, 2.24) is 9.88 Å². The van der Waals surface area contributed by atoms with Crippen molar-refractivity contribution < 1.29 is 9.59 Å². The second-order valence-corrected chi connectivity index (χ2v) is 6.27. The van der Waals surface area contributed by atoms with Gasteiger partial charge in [0.1, 0.15) is 0 Å². The van der Waals surface area contributed by atoms with Crippen molar-refractivity contribution in [1.29, 1.82) is 0 Å². The van der Waals surface area contributed by atoms with Crippen LogP contribution in [0.15, 0.2) is 41.4 Å². The first-order chi connectivity index (χ1) is 10.6. The Kier molecular flexibility index (Phi) is 4.20. The minimum Gasteiger partial charge on any atom is -0.331 e. The average Bonchev–Trinajstić information content (AvgIpc) is 3.16. The highest BCUT2D eigenvalue weighted by Crippen LogP contribution is 2.32. The van der Waals surface area contributed by atoms with Gasteiger partial charge in [-0.05, 0) is 47.9 Å². The van der Waals surface area contributed by atoms with Crippen LogP contribution in [0.4, 0.5) is 5.69 Å². The lowest BCUT2D eigenvalue weighted by Crippen LogP contribution is -2.41. The SMILES string of the molecule is C[C@H]1C[C@@H](c2ccsc2)CN1C(=O)C(=O)Nc1cccnc1. The first-order valence-corrected chi connectivity index (χ1v) is 8.13. The Morgan fingerprint density at radius 1 is 1.41 bits per heavy atom. The summed E-state index contributed by atoms with van der Waals surface area (Å²) in [4.78, 5) is 30.1. The highest BCUT2D eigenvalue weighted by Gasteiger charge is 2.36. The predicted molar refractivity (Wildman–Crippen MR) is 85.7 cm³/mol. The van der Waals surface area contributed by atoms with Gasteiger partial charge < -0.3 is 10.2 Å². The molecule has 3 heterocycles. The molecule has 22 heavy (non-hydrogen) atoms. The van der Waals surface area contributed by atoms with Gasteiger partial charge in [0.05, 0.1) is 11.9 Å². The summed E-state index contributed by atoms with van der Waals surface area (Å²) in [5, 5.41) is 6.75. The van der Waals surface area contributed by atoms with Crippen molar-refractivity contribution in [3.63, 3.8) is 0 Å². The highest BCUT2D eigenvalue weighted by atomic mass is 32.1. The normalized spacial score (nSPS) is 20.9. The molecule has 0 unspecified atom stereocenters. The van der Waals surface area contributed by atoms with Gasteiger partial charge in [0.2, 0.25) is 0 Å². The lowest BCUT2D eigenvalue weighted by Gasteiger charge is -2.20. The van der Waals surface area contributed by atoms with Crippen LogP contribution in [-0.2, 0) is 9.59 Å². The van der Waals surface area contributed by atoms with Crippen LogP contribution in [0.5, 0.6) is 0 Å². The van der Waals surface area contributed by atoms with Crippen molar-refractivity contribution in [3.05, 3.63) is 46.9 Å². The van der Waals surface area contributed by atoms with E-state index in [1.165, 1.54) is 11.8 Å². The summed E-state index contributed by atoms with van der Waals surface area (Å²) in [5.41, 5.74) is 1.78. The molecular weight excluding hydrogens is 298 g/mol. The van der Waals surface area contributed by atoms with E-state index in [4.69, 9.17) is 0 Å². The summed E-state index contributed by atoms with van der Waals surface area (Å²) in [6.45, 7) is 2.58. The summed E-state index contributed by atoms with van der Waals surface area (Å²) in [5.74, 6) is -0.767. The van der Waals surface area contributed by atoms with E-state index in [1.807, 2.05) is 12.3 Å². The van der Waals surface area contributed by atoms with Crippen LogP contribution in [0.25, 0.3) is 0 Å². The molecule has 1 fully saturated rings. The number of rotatable bonds is 2. The smallest absolute Gasteiger partial charge is 0.313 e. The molecule has 0 radical (unpaired) electrons. The minimum atomic E-state index is -0.606. The molecule has 3 rings (SSSR count). The summed E-state index contributed by atoms with van der Waals surface area (Å²) in [6, 6.07) is 5.58.